The van der Waals surface area contributed by atoms with Crippen molar-refractivity contribution in [2.45, 2.75) is 0 Å². The van der Waals surface area contributed by atoms with Crippen LogP contribution in [0.25, 0.3) is 0 Å². The summed E-state index contributed by atoms with van der Waals surface area (Å²) in [5.41, 5.74) is 2.35. The SMILES string of the molecule is Clc1ccc(C2=N[P]2)cc1. The van der Waals surface area contributed by atoms with E-state index in [9.17, 15) is 0 Å². The van der Waals surface area contributed by atoms with Gasteiger partial charge in [-0.25, -0.2) is 4.76 Å². The van der Waals surface area contributed by atoms with Crippen molar-refractivity contribution in [1.29, 1.82) is 0 Å². The zero-order valence-electron chi connectivity index (χ0n) is 5.08. The van der Waals surface area contributed by atoms with Crippen molar-refractivity contribution in [3.63, 3.8) is 0 Å². The van der Waals surface area contributed by atoms with Gasteiger partial charge in [-0.1, -0.05) is 23.7 Å². The van der Waals surface area contributed by atoms with Crippen LogP contribution in [0.3, 0.4) is 0 Å². The molecule has 1 heterocycles. The van der Waals surface area contributed by atoms with Crippen LogP contribution in [0, 0.1) is 0 Å². The van der Waals surface area contributed by atoms with Crippen LogP contribution in [0.1, 0.15) is 5.56 Å². The average molecular weight is 169 g/mol. The van der Waals surface area contributed by atoms with Crippen LogP contribution in [-0.4, -0.2) is 5.45 Å². The van der Waals surface area contributed by atoms with Crippen LogP contribution in [0.15, 0.2) is 29.0 Å². The summed E-state index contributed by atoms with van der Waals surface area (Å²) in [6.07, 6.45) is 0. The number of nitrogens with zero attached hydrogens (tertiary/aromatic N) is 1. The van der Waals surface area contributed by atoms with E-state index in [0.29, 0.717) is 0 Å². The Kier molecular flexibility index (Phi) is 1.48. The molecule has 1 aromatic carbocycles. The highest BCUT2D eigenvalue weighted by Crippen LogP contribution is 2.36. The van der Waals surface area contributed by atoms with Gasteiger partial charge in [0.2, 0.25) is 0 Å². The minimum Gasteiger partial charge on any atom is -0.245 e. The molecule has 0 atom stereocenters. The van der Waals surface area contributed by atoms with Crippen molar-refractivity contribution in [3.05, 3.63) is 34.9 Å². The first-order valence-corrected chi connectivity index (χ1v) is 4.13. The predicted octanol–water partition coefficient (Wildman–Crippen LogP) is 2.96. The molecule has 1 aliphatic rings. The summed E-state index contributed by atoms with van der Waals surface area (Å²) >= 11 is 5.69. The Morgan fingerprint density at radius 2 is 1.80 bits per heavy atom. The first-order chi connectivity index (χ1) is 4.86. The lowest BCUT2D eigenvalue weighted by molar-refractivity contribution is 1.67. The fourth-order valence-electron chi connectivity index (χ4n) is 0.739. The largest absolute Gasteiger partial charge is 0.245 e. The minimum atomic E-state index is 0.779. The van der Waals surface area contributed by atoms with Gasteiger partial charge in [-0.3, -0.25) is 0 Å². The van der Waals surface area contributed by atoms with Gasteiger partial charge in [0.25, 0.3) is 0 Å². The summed E-state index contributed by atoms with van der Waals surface area (Å²) in [6, 6.07) is 7.74. The molecule has 0 spiro atoms. The molecule has 0 fully saturated rings. The Bertz CT molecular complexity index is 278. The first kappa shape index (κ1) is 6.33. The number of benzene rings is 1. The quantitative estimate of drug-likeness (QED) is 0.572. The summed E-state index contributed by atoms with van der Waals surface area (Å²) in [6.45, 7) is 0. The zero-order chi connectivity index (χ0) is 6.97. The van der Waals surface area contributed by atoms with Crippen LogP contribution < -0.4 is 0 Å². The highest BCUT2D eigenvalue weighted by atomic mass is 35.5. The van der Waals surface area contributed by atoms with Crippen LogP contribution in [-0.2, 0) is 0 Å². The maximum Gasteiger partial charge on any atom is 0.121 e. The van der Waals surface area contributed by atoms with Gasteiger partial charge in [0.1, 0.15) is 8.73 Å². The van der Waals surface area contributed by atoms with E-state index in [1.54, 1.807) is 0 Å². The monoisotopic (exact) mass is 168 g/mol. The highest BCUT2D eigenvalue weighted by Gasteiger charge is 2.13. The van der Waals surface area contributed by atoms with Crippen molar-refractivity contribution in [3.8, 4) is 0 Å². The molecule has 1 aliphatic heterocycles. The molecular formula is C7H4ClNP. The van der Waals surface area contributed by atoms with Crippen molar-refractivity contribution < 1.29 is 0 Å². The summed E-state index contributed by atoms with van der Waals surface area (Å²) < 4.78 is 4.05. The van der Waals surface area contributed by atoms with Gasteiger partial charge in [-0.15, -0.1) is 0 Å². The second kappa shape index (κ2) is 2.34. The highest BCUT2D eigenvalue weighted by molar-refractivity contribution is 7.67. The average Bonchev–Trinajstić information content (AvgIpc) is 2.71. The van der Waals surface area contributed by atoms with Crippen LogP contribution in [0.5, 0.6) is 0 Å². The molecule has 0 saturated heterocycles. The number of rotatable bonds is 1. The standard InChI is InChI=1S/C7H4ClNP/c8-6-3-1-5(2-4-6)7-9-10-7/h1-4H. The van der Waals surface area contributed by atoms with Crippen molar-refractivity contribution in [2.24, 2.45) is 4.76 Å². The van der Waals surface area contributed by atoms with E-state index < -0.39 is 0 Å². The van der Waals surface area contributed by atoms with Crippen molar-refractivity contribution in [2.75, 3.05) is 0 Å². The Balaban J connectivity index is 2.37. The molecule has 2 rings (SSSR count). The third kappa shape index (κ3) is 1.21. The molecule has 0 saturated carbocycles. The van der Waals surface area contributed by atoms with Crippen molar-refractivity contribution >= 4 is 25.8 Å². The lowest BCUT2D eigenvalue weighted by Crippen LogP contribution is -1.79. The minimum absolute atomic E-state index is 0.779. The number of halogens is 1. The summed E-state index contributed by atoms with van der Waals surface area (Å²) in [4.78, 5) is 0. The Labute approximate surface area is 66.0 Å². The number of hydrogen-bond acceptors (Lipinski definition) is 1. The van der Waals surface area contributed by atoms with E-state index in [4.69, 9.17) is 11.6 Å². The normalized spacial score (nSPS) is 17.1. The molecule has 0 unspecified atom stereocenters. The second-order valence-corrected chi connectivity index (χ2v) is 3.29. The molecule has 0 amide bonds. The molecule has 1 nitrogen and oxygen atoms in total. The molecule has 3 heteroatoms. The summed E-state index contributed by atoms with van der Waals surface area (Å²) in [5, 5.41) is 0.779. The molecular weight excluding hydrogens is 165 g/mol. The third-order valence-corrected chi connectivity index (χ3v) is 2.21. The molecule has 0 aliphatic carbocycles. The molecule has 1 radical (unpaired) electrons. The summed E-state index contributed by atoms with van der Waals surface area (Å²) in [7, 11) is 1.11. The third-order valence-electron chi connectivity index (χ3n) is 1.30. The molecule has 0 bridgehead atoms. The van der Waals surface area contributed by atoms with E-state index in [2.05, 4.69) is 4.76 Å². The Morgan fingerprint density at radius 3 is 2.30 bits per heavy atom. The van der Waals surface area contributed by atoms with Gasteiger partial charge in [0, 0.05) is 10.6 Å². The van der Waals surface area contributed by atoms with Crippen LogP contribution in [0.4, 0.5) is 0 Å². The van der Waals surface area contributed by atoms with Gasteiger partial charge < -0.3 is 0 Å². The van der Waals surface area contributed by atoms with Crippen LogP contribution >= 0.6 is 20.3 Å². The van der Waals surface area contributed by atoms with E-state index >= 15 is 0 Å². The van der Waals surface area contributed by atoms with Gasteiger partial charge in [0.15, 0.2) is 0 Å². The Hall–Kier alpha value is -0.390. The van der Waals surface area contributed by atoms with E-state index in [0.717, 1.165) is 19.2 Å². The van der Waals surface area contributed by atoms with Gasteiger partial charge in [-0.2, -0.15) is 0 Å². The lowest BCUT2D eigenvalue weighted by Gasteiger charge is -1.90. The molecule has 0 N–H and O–H groups in total. The van der Waals surface area contributed by atoms with E-state index in [-0.39, 0.29) is 0 Å². The second-order valence-electron chi connectivity index (χ2n) is 2.03. The summed E-state index contributed by atoms with van der Waals surface area (Å²) in [5.74, 6) is 0. The molecule has 0 aromatic heterocycles. The van der Waals surface area contributed by atoms with Gasteiger partial charge in [0.05, 0.1) is 5.45 Å². The molecule has 10 heavy (non-hydrogen) atoms. The maximum atomic E-state index is 5.69. The topological polar surface area (TPSA) is 12.4 Å². The Morgan fingerprint density at radius 1 is 1.20 bits per heavy atom. The smallest absolute Gasteiger partial charge is 0.121 e. The number of hydrogen-bond donors (Lipinski definition) is 0. The maximum absolute atomic E-state index is 5.69. The van der Waals surface area contributed by atoms with Gasteiger partial charge in [-0.05, 0) is 12.1 Å². The molecule has 49 valence electrons. The predicted molar refractivity (Wildman–Crippen MR) is 44.9 cm³/mol. The van der Waals surface area contributed by atoms with Crippen molar-refractivity contribution in [1.82, 2.24) is 0 Å². The fourth-order valence-corrected chi connectivity index (χ4v) is 1.30. The fraction of sp³-hybridized carbons (Fsp3) is 0. The lowest BCUT2D eigenvalue weighted by atomic mass is 10.2. The van der Waals surface area contributed by atoms with E-state index in [1.807, 2.05) is 24.3 Å². The van der Waals surface area contributed by atoms with Gasteiger partial charge >= 0.3 is 0 Å². The molecule has 1 aromatic rings. The zero-order valence-corrected chi connectivity index (χ0v) is 6.73. The van der Waals surface area contributed by atoms with Crippen LogP contribution in [0.2, 0.25) is 5.02 Å². The first-order valence-electron chi connectivity index (χ1n) is 2.91. The van der Waals surface area contributed by atoms with E-state index in [1.165, 1.54) is 5.56 Å².